The van der Waals surface area contributed by atoms with Gasteiger partial charge in [0.1, 0.15) is 0 Å². The van der Waals surface area contributed by atoms with Crippen LogP contribution in [0.1, 0.15) is 0 Å². The molecule has 0 aromatic rings. The van der Waals surface area contributed by atoms with Gasteiger partial charge < -0.3 is 14.6 Å². The molecule has 0 bridgehead atoms. The highest BCUT2D eigenvalue weighted by atomic mass is 16.5. The quantitative estimate of drug-likeness (QED) is 0.274. The Balaban J connectivity index is 4.81. The normalized spacial score (nSPS) is 10.5. The number of hydrogen-bond acceptors (Lipinski definition) is 5. The highest BCUT2D eigenvalue weighted by Gasteiger charge is 2.19. The highest BCUT2D eigenvalue weighted by molar-refractivity contribution is 6.16. The standard InChI is InChI=1S/C7H8O6/c1-12-5(8)3-4(6(9)10)7(11)13-2/h3H,1-2H3,(H,9,10). The molecule has 0 fully saturated rings. The molecular formula is C7H8O6. The molecule has 0 amide bonds. The number of carboxylic acids is 1. The molecule has 0 saturated heterocycles. The van der Waals surface area contributed by atoms with Crippen molar-refractivity contribution in [1.29, 1.82) is 0 Å². The Morgan fingerprint density at radius 1 is 1.15 bits per heavy atom. The Kier molecular flexibility index (Phi) is 4.21. The lowest BCUT2D eigenvalue weighted by Gasteiger charge is -1.98. The molecule has 0 spiro atoms. The number of ether oxygens (including phenoxy) is 2. The minimum absolute atomic E-state index is 0.550. The number of carboxylic acid groups (broad SMARTS) is 1. The molecular weight excluding hydrogens is 180 g/mol. The van der Waals surface area contributed by atoms with Crippen LogP contribution in [-0.2, 0) is 23.9 Å². The molecule has 0 unspecified atom stereocenters. The molecule has 13 heavy (non-hydrogen) atoms. The molecule has 1 N–H and O–H groups in total. The maximum absolute atomic E-state index is 10.7. The zero-order chi connectivity index (χ0) is 10.4. The largest absolute Gasteiger partial charge is 0.477 e. The molecule has 0 atom stereocenters. The molecule has 0 aliphatic heterocycles. The first-order valence-corrected chi connectivity index (χ1v) is 3.14. The zero-order valence-electron chi connectivity index (χ0n) is 7.07. The lowest BCUT2D eigenvalue weighted by Crippen LogP contribution is -2.15. The van der Waals surface area contributed by atoms with Gasteiger partial charge in [0, 0.05) is 6.08 Å². The van der Waals surface area contributed by atoms with Crippen molar-refractivity contribution in [3.63, 3.8) is 0 Å². The average Bonchev–Trinajstić information content (AvgIpc) is 2.11. The van der Waals surface area contributed by atoms with Crippen LogP contribution in [0.25, 0.3) is 0 Å². The van der Waals surface area contributed by atoms with Gasteiger partial charge in [-0.15, -0.1) is 0 Å². The summed E-state index contributed by atoms with van der Waals surface area (Å²) in [6.07, 6.45) is 0.550. The van der Waals surface area contributed by atoms with Gasteiger partial charge in [-0.2, -0.15) is 0 Å². The zero-order valence-corrected chi connectivity index (χ0v) is 7.07. The van der Waals surface area contributed by atoms with Crippen molar-refractivity contribution in [1.82, 2.24) is 0 Å². The molecule has 0 aliphatic carbocycles. The Morgan fingerprint density at radius 3 is 2.00 bits per heavy atom. The number of methoxy groups -OCH3 is 2. The lowest BCUT2D eigenvalue weighted by atomic mass is 10.2. The van der Waals surface area contributed by atoms with E-state index >= 15 is 0 Å². The Labute approximate surface area is 73.7 Å². The summed E-state index contributed by atoms with van der Waals surface area (Å²) in [5, 5.41) is 8.44. The van der Waals surface area contributed by atoms with E-state index in [0.29, 0.717) is 6.08 Å². The van der Waals surface area contributed by atoms with Crippen molar-refractivity contribution in [3.05, 3.63) is 11.6 Å². The highest BCUT2D eigenvalue weighted by Crippen LogP contribution is 1.98. The first-order valence-electron chi connectivity index (χ1n) is 3.14. The third-order valence-electron chi connectivity index (χ3n) is 1.10. The van der Waals surface area contributed by atoms with E-state index in [9.17, 15) is 14.4 Å². The fourth-order valence-electron chi connectivity index (χ4n) is 0.495. The van der Waals surface area contributed by atoms with Gasteiger partial charge in [-0.3, -0.25) is 0 Å². The summed E-state index contributed by atoms with van der Waals surface area (Å²) < 4.78 is 8.26. The molecule has 0 rings (SSSR count). The number of aliphatic carboxylic acids is 1. The summed E-state index contributed by atoms with van der Waals surface area (Å²) in [6, 6.07) is 0. The molecule has 0 heterocycles. The SMILES string of the molecule is COC(=O)C=C(C(=O)O)C(=O)OC. The van der Waals surface area contributed by atoms with Crippen LogP contribution in [-0.4, -0.2) is 37.2 Å². The Bertz CT molecular complexity index is 264. The molecule has 0 radical (unpaired) electrons. The Morgan fingerprint density at radius 2 is 1.69 bits per heavy atom. The predicted octanol–water partition coefficient (Wildman–Crippen LogP) is -0.657. The van der Waals surface area contributed by atoms with E-state index in [1.54, 1.807) is 0 Å². The topological polar surface area (TPSA) is 89.9 Å². The smallest absolute Gasteiger partial charge is 0.345 e. The van der Waals surface area contributed by atoms with Crippen LogP contribution in [0.2, 0.25) is 0 Å². The van der Waals surface area contributed by atoms with Gasteiger partial charge in [-0.1, -0.05) is 0 Å². The van der Waals surface area contributed by atoms with Crippen LogP contribution in [0.4, 0.5) is 0 Å². The third-order valence-corrected chi connectivity index (χ3v) is 1.10. The second-order valence-corrected chi connectivity index (χ2v) is 1.88. The number of rotatable bonds is 3. The van der Waals surface area contributed by atoms with Crippen LogP contribution < -0.4 is 0 Å². The Hall–Kier alpha value is -1.85. The van der Waals surface area contributed by atoms with Crippen molar-refractivity contribution in [3.8, 4) is 0 Å². The monoisotopic (exact) mass is 188 g/mol. The van der Waals surface area contributed by atoms with E-state index in [1.807, 2.05) is 0 Å². The number of carbonyl (C=O) groups excluding carboxylic acids is 2. The van der Waals surface area contributed by atoms with Gasteiger partial charge >= 0.3 is 17.9 Å². The van der Waals surface area contributed by atoms with Crippen LogP contribution in [0, 0.1) is 0 Å². The minimum atomic E-state index is -1.54. The lowest BCUT2D eigenvalue weighted by molar-refractivity contribution is -0.144. The minimum Gasteiger partial charge on any atom is -0.477 e. The van der Waals surface area contributed by atoms with Crippen LogP contribution in [0.5, 0.6) is 0 Å². The maximum atomic E-state index is 10.7. The average molecular weight is 188 g/mol. The molecule has 6 nitrogen and oxygen atoms in total. The van der Waals surface area contributed by atoms with E-state index < -0.39 is 23.5 Å². The molecule has 0 aromatic carbocycles. The molecule has 0 aromatic heterocycles. The van der Waals surface area contributed by atoms with Crippen molar-refractivity contribution in [2.45, 2.75) is 0 Å². The van der Waals surface area contributed by atoms with Crippen molar-refractivity contribution in [2.75, 3.05) is 14.2 Å². The number of carbonyl (C=O) groups is 3. The fraction of sp³-hybridized carbons (Fsp3) is 0.286. The van der Waals surface area contributed by atoms with E-state index in [2.05, 4.69) is 9.47 Å². The summed E-state index contributed by atoms with van der Waals surface area (Å²) in [6.45, 7) is 0. The number of hydrogen-bond donors (Lipinski definition) is 1. The van der Waals surface area contributed by atoms with Crippen molar-refractivity contribution < 1.29 is 29.0 Å². The summed E-state index contributed by atoms with van der Waals surface area (Å²) >= 11 is 0. The molecule has 0 saturated carbocycles. The maximum Gasteiger partial charge on any atom is 0.345 e. The van der Waals surface area contributed by atoms with E-state index in [1.165, 1.54) is 0 Å². The van der Waals surface area contributed by atoms with E-state index in [-0.39, 0.29) is 0 Å². The second-order valence-electron chi connectivity index (χ2n) is 1.88. The van der Waals surface area contributed by atoms with Crippen LogP contribution >= 0.6 is 0 Å². The van der Waals surface area contributed by atoms with Crippen LogP contribution in [0.3, 0.4) is 0 Å². The van der Waals surface area contributed by atoms with Gasteiger partial charge in [0.2, 0.25) is 0 Å². The van der Waals surface area contributed by atoms with Gasteiger partial charge in [0.05, 0.1) is 14.2 Å². The molecule has 72 valence electrons. The molecule has 0 aliphatic rings. The van der Waals surface area contributed by atoms with Gasteiger partial charge in [-0.05, 0) is 0 Å². The number of esters is 2. The van der Waals surface area contributed by atoms with E-state index in [0.717, 1.165) is 14.2 Å². The summed E-state index contributed by atoms with van der Waals surface area (Å²) in [7, 11) is 2.08. The van der Waals surface area contributed by atoms with Crippen LogP contribution in [0.15, 0.2) is 11.6 Å². The fourth-order valence-corrected chi connectivity index (χ4v) is 0.495. The summed E-state index contributed by atoms with van der Waals surface area (Å²) in [5.41, 5.74) is -0.769. The van der Waals surface area contributed by atoms with Crippen molar-refractivity contribution in [2.24, 2.45) is 0 Å². The van der Waals surface area contributed by atoms with Gasteiger partial charge in [0.25, 0.3) is 0 Å². The summed E-state index contributed by atoms with van der Waals surface area (Å²) in [5.74, 6) is -3.57. The third kappa shape index (κ3) is 3.37. The second kappa shape index (κ2) is 4.91. The first kappa shape index (κ1) is 11.2. The molecule has 6 heteroatoms. The predicted molar refractivity (Wildman–Crippen MR) is 39.8 cm³/mol. The van der Waals surface area contributed by atoms with Crippen molar-refractivity contribution >= 4 is 17.9 Å². The van der Waals surface area contributed by atoms with Gasteiger partial charge in [0.15, 0.2) is 5.57 Å². The van der Waals surface area contributed by atoms with E-state index in [4.69, 9.17) is 5.11 Å². The van der Waals surface area contributed by atoms with Gasteiger partial charge in [-0.25, -0.2) is 14.4 Å². The first-order chi connectivity index (χ1) is 6.02. The summed E-state index contributed by atoms with van der Waals surface area (Å²) in [4.78, 5) is 31.7.